The van der Waals surface area contributed by atoms with Crippen LogP contribution >= 0.6 is 11.8 Å². The summed E-state index contributed by atoms with van der Waals surface area (Å²) < 4.78 is 9.99. The first kappa shape index (κ1) is 26.3. The molecule has 1 spiro atoms. The molecule has 3 fully saturated rings. The largest absolute Gasteiger partial charge is 0.497 e. The minimum atomic E-state index is -0.819. The number of thioether (sulfide) groups is 1. The first-order chi connectivity index (χ1) is 17.3. The predicted octanol–water partition coefficient (Wildman–Crippen LogP) is 2.66. The molecule has 0 saturated carbocycles. The molecule has 0 radical (unpaired) electrons. The molecule has 1 aromatic carbocycles. The molecule has 1 aromatic rings. The van der Waals surface area contributed by atoms with E-state index in [-0.39, 0.29) is 49.3 Å². The van der Waals surface area contributed by atoms with E-state index in [0.29, 0.717) is 17.9 Å². The number of carbonyl (C=O) groups is 3. The second-order valence-electron chi connectivity index (χ2n) is 9.49. The Morgan fingerprint density at radius 3 is 2.61 bits per heavy atom. The van der Waals surface area contributed by atoms with Gasteiger partial charge in [-0.15, -0.1) is 24.9 Å². The van der Waals surface area contributed by atoms with Gasteiger partial charge in [-0.25, -0.2) is 0 Å². The molecule has 3 aliphatic heterocycles. The Bertz CT molecular complexity index is 1030. The molecule has 3 unspecified atom stereocenters. The van der Waals surface area contributed by atoms with Crippen LogP contribution in [0.2, 0.25) is 0 Å². The third-order valence-electron chi connectivity index (χ3n) is 7.62. The Labute approximate surface area is 216 Å². The number of rotatable bonds is 11. The van der Waals surface area contributed by atoms with Crippen molar-refractivity contribution in [3.05, 3.63) is 49.6 Å². The lowest BCUT2D eigenvalue weighted by molar-refractivity contribution is -0.154. The summed E-state index contributed by atoms with van der Waals surface area (Å²) in [5.74, 6) is -1.49. The highest BCUT2D eigenvalue weighted by molar-refractivity contribution is 8.02. The Morgan fingerprint density at radius 1 is 1.28 bits per heavy atom. The van der Waals surface area contributed by atoms with E-state index >= 15 is 0 Å². The molecule has 36 heavy (non-hydrogen) atoms. The van der Waals surface area contributed by atoms with Crippen LogP contribution in [0.5, 0.6) is 5.75 Å². The molecule has 2 amide bonds. The SMILES string of the molecule is C=CCCOC(=O)[C@@H]1[C@H]2C(=O)N(CCO)C(C(=O)N(CC=C)c3ccc(OC)cc3)C23S[C@@H]1CC3C. The molecular weight excluding hydrogens is 480 g/mol. The molecule has 4 rings (SSSR count). The number of methoxy groups -OCH3 is 1. The Kier molecular flexibility index (Phi) is 7.80. The van der Waals surface area contributed by atoms with Gasteiger partial charge in [0.1, 0.15) is 11.8 Å². The number of aliphatic hydroxyl groups is 1. The van der Waals surface area contributed by atoms with Gasteiger partial charge in [0.15, 0.2) is 0 Å². The second kappa shape index (κ2) is 10.7. The van der Waals surface area contributed by atoms with E-state index < -0.39 is 28.6 Å². The van der Waals surface area contributed by atoms with Crippen LogP contribution < -0.4 is 9.64 Å². The van der Waals surface area contributed by atoms with E-state index in [1.54, 1.807) is 60.2 Å². The highest BCUT2D eigenvalue weighted by Crippen LogP contribution is 2.68. The summed E-state index contributed by atoms with van der Waals surface area (Å²) in [6.45, 7) is 9.75. The number of fused-ring (bicyclic) bond motifs is 1. The van der Waals surface area contributed by atoms with E-state index in [0.717, 1.165) is 6.42 Å². The number of ether oxygens (including phenoxy) is 2. The van der Waals surface area contributed by atoms with Gasteiger partial charge in [-0.2, -0.15) is 0 Å². The van der Waals surface area contributed by atoms with Crippen LogP contribution in [0.4, 0.5) is 5.69 Å². The van der Waals surface area contributed by atoms with Gasteiger partial charge in [-0.1, -0.05) is 19.1 Å². The summed E-state index contributed by atoms with van der Waals surface area (Å²) >= 11 is 1.58. The van der Waals surface area contributed by atoms with Crippen molar-refractivity contribution >= 4 is 35.2 Å². The number of hydrogen-bond acceptors (Lipinski definition) is 7. The number of benzene rings is 1. The first-order valence-electron chi connectivity index (χ1n) is 12.3. The minimum absolute atomic E-state index is 0.0220. The van der Waals surface area contributed by atoms with Gasteiger partial charge in [0.2, 0.25) is 5.91 Å². The quantitative estimate of drug-likeness (QED) is 0.276. The van der Waals surface area contributed by atoms with Crippen LogP contribution in [0, 0.1) is 17.8 Å². The Hall–Kier alpha value is -2.78. The number of esters is 1. The summed E-state index contributed by atoms with van der Waals surface area (Å²) in [7, 11) is 1.58. The van der Waals surface area contributed by atoms with Gasteiger partial charge < -0.3 is 24.4 Å². The van der Waals surface area contributed by atoms with Crippen molar-refractivity contribution in [3.63, 3.8) is 0 Å². The van der Waals surface area contributed by atoms with Gasteiger partial charge in [-0.05, 0) is 43.0 Å². The molecule has 9 heteroatoms. The van der Waals surface area contributed by atoms with Crippen LogP contribution in [-0.2, 0) is 19.1 Å². The summed E-state index contributed by atoms with van der Waals surface area (Å²) in [5, 5.41) is 9.73. The average molecular weight is 515 g/mol. The molecule has 0 aliphatic carbocycles. The highest BCUT2D eigenvalue weighted by Gasteiger charge is 2.76. The van der Waals surface area contributed by atoms with Crippen molar-refractivity contribution in [3.8, 4) is 5.75 Å². The second-order valence-corrected chi connectivity index (χ2v) is 11.0. The highest BCUT2D eigenvalue weighted by atomic mass is 32.2. The van der Waals surface area contributed by atoms with Gasteiger partial charge in [0.25, 0.3) is 5.91 Å². The molecule has 1 N–H and O–H groups in total. The molecule has 3 heterocycles. The lowest BCUT2D eigenvalue weighted by atomic mass is 9.66. The maximum absolute atomic E-state index is 14.3. The van der Waals surface area contributed by atoms with Crippen LogP contribution in [0.1, 0.15) is 19.8 Å². The van der Waals surface area contributed by atoms with E-state index in [1.807, 2.05) is 0 Å². The molecule has 2 bridgehead atoms. The van der Waals surface area contributed by atoms with Crippen LogP contribution in [0.25, 0.3) is 0 Å². The fraction of sp³-hybridized carbons (Fsp3) is 0.519. The molecule has 3 saturated heterocycles. The fourth-order valence-electron chi connectivity index (χ4n) is 6.12. The number of aliphatic hydroxyl groups excluding tert-OH is 1. The van der Waals surface area contributed by atoms with E-state index in [4.69, 9.17) is 9.47 Å². The smallest absolute Gasteiger partial charge is 0.310 e. The number of amides is 2. The van der Waals surface area contributed by atoms with Gasteiger partial charge in [0.05, 0.1) is 36.9 Å². The first-order valence-corrected chi connectivity index (χ1v) is 13.2. The molecule has 6 atom stereocenters. The molecule has 3 aliphatic rings. The standard InChI is InChI=1S/C27H34N2O6S/c1-5-7-15-35-26(33)21-20-16-17(3)27(36-20)22(21)24(31)29(13-14-30)23(27)25(32)28(12-6-2)18-8-10-19(34-4)11-9-18/h5-6,8-11,17,20-23,30H,1-2,7,12-16H2,3-4H3/t17?,20-,21+,22+,23?,27?/m1/s1. The number of likely N-dealkylation sites (tertiary alicyclic amines) is 1. The number of anilines is 1. The zero-order valence-corrected chi connectivity index (χ0v) is 21.6. The van der Waals surface area contributed by atoms with Crippen molar-refractivity contribution < 1.29 is 29.0 Å². The lowest BCUT2D eigenvalue weighted by Gasteiger charge is -2.40. The van der Waals surface area contributed by atoms with Crippen molar-refractivity contribution in [1.29, 1.82) is 0 Å². The predicted molar refractivity (Wildman–Crippen MR) is 139 cm³/mol. The van der Waals surface area contributed by atoms with Crippen LogP contribution in [0.3, 0.4) is 0 Å². The van der Waals surface area contributed by atoms with Crippen LogP contribution in [0.15, 0.2) is 49.6 Å². The number of carbonyl (C=O) groups excluding carboxylic acids is 3. The molecule has 194 valence electrons. The zero-order chi connectivity index (χ0) is 26.0. The number of nitrogens with zero attached hydrogens (tertiary/aromatic N) is 2. The summed E-state index contributed by atoms with van der Waals surface area (Å²) in [5.41, 5.74) is 0.655. The third kappa shape index (κ3) is 4.12. The number of hydrogen-bond donors (Lipinski definition) is 1. The molecule has 8 nitrogen and oxygen atoms in total. The maximum Gasteiger partial charge on any atom is 0.310 e. The van der Waals surface area contributed by atoms with E-state index in [9.17, 15) is 19.5 Å². The summed E-state index contributed by atoms with van der Waals surface area (Å²) in [6.07, 6.45) is 4.58. The Balaban J connectivity index is 1.73. The Morgan fingerprint density at radius 2 is 2.00 bits per heavy atom. The average Bonchev–Trinajstić information content (AvgIpc) is 3.46. The monoisotopic (exact) mass is 514 g/mol. The lowest BCUT2D eigenvalue weighted by Crippen LogP contribution is -2.57. The van der Waals surface area contributed by atoms with Crippen molar-refractivity contribution in [1.82, 2.24) is 4.90 Å². The number of β-amino-alcohol motifs (C(OH)–C–C–N with tert-alkyl or cyclic N) is 1. The van der Waals surface area contributed by atoms with Crippen LogP contribution in [-0.4, -0.2) is 77.2 Å². The van der Waals surface area contributed by atoms with Gasteiger partial charge >= 0.3 is 5.97 Å². The summed E-state index contributed by atoms with van der Waals surface area (Å²) in [4.78, 5) is 44.4. The van der Waals surface area contributed by atoms with Crippen molar-refractivity contribution in [2.75, 3.05) is 38.3 Å². The maximum atomic E-state index is 14.3. The fourth-order valence-corrected chi connectivity index (χ4v) is 8.52. The topological polar surface area (TPSA) is 96.4 Å². The summed E-state index contributed by atoms with van der Waals surface area (Å²) in [6, 6.07) is 6.33. The van der Waals surface area contributed by atoms with Gasteiger partial charge in [-0.3, -0.25) is 14.4 Å². The third-order valence-corrected chi connectivity index (χ3v) is 9.70. The minimum Gasteiger partial charge on any atom is -0.497 e. The molecular formula is C27H34N2O6S. The molecule has 0 aromatic heterocycles. The van der Waals surface area contributed by atoms with E-state index in [1.165, 1.54) is 4.90 Å². The van der Waals surface area contributed by atoms with Crippen molar-refractivity contribution in [2.45, 2.75) is 35.8 Å². The zero-order valence-electron chi connectivity index (χ0n) is 20.8. The van der Waals surface area contributed by atoms with Gasteiger partial charge in [0, 0.05) is 24.0 Å². The van der Waals surface area contributed by atoms with Crippen molar-refractivity contribution in [2.24, 2.45) is 17.8 Å². The van der Waals surface area contributed by atoms with E-state index in [2.05, 4.69) is 20.1 Å². The normalized spacial score (nSPS) is 30.1.